The Morgan fingerprint density at radius 2 is 1.93 bits per heavy atom. The van der Waals surface area contributed by atoms with Gasteiger partial charge in [0.1, 0.15) is 0 Å². The van der Waals surface area contributed by atoms with Gasteiger partial charge in [-0.15, -0.1) is 0 Å². The van der Waals surface area contributed by atoms with Crippen LogP contribution < -0.4 is 0 Å². The fraction of sp³-hybridized carbons (Fsp3) is 0. The van der Waals surface area contributed by atoms with E-state index in [9.17, 15) is 18.5 Å². The largest absolute Gasteiger partial charge is 0.276 e. The Morgan fingerprint density at radius 1 is 1.33 bits per heavy atom. The Labute approximate surface area is 90.6 Å². The summed E-state index contributed by atoms with van der Waals surface area (Å²) in [6.45, 7) is 0. The molecule has 0 N–H and O–H groups in total. The van der Waals surface area contributed by atoms with Gasteiger partial charge in [-0.05, 0) is 12.1 Å². The van der Waals surface area contributed by atoms with Gasteiger partial charge in [-0.1, -0.05) is 12.1 Å². The molecule has 0 aliphatic heterocycles. The van der Waals surface area contributed by atoms with E-state index < -0.39 is 14.0 Å². The molecule has 0 aliphatic carbocycles. The smallest absolute Gasteiger partial charge is 0.258 e. The molecule has 15 heavy (non-hydrogen) atoms. The first-order chi connectivity index (χ1) is 6.90. The lowest BCUT2D eigenvalue weighted by Crippen LogP contribution is -1.90. The van der Waals surface area contributed by atoms with Crippen LogP contribution in [0, 0.1) is 10.1 Å². The standard InChI is InChI=1S/C8H6ClNO4S/c9-15(13,14)6-5-7-3-1-2-4-8(7)10(11)12/h1-6H/b6-5+. The molecule has 0 amide bonds. The Bertz CT molecular complexity index is 509. The van der Waals surface area contributed by atoms with E-state index >= 15 is 0 Å². The minimum atomic E-state index is -3.80. The van der Waals surface area contributed by atoms with Gasteiger partial charge in [0, 0.05) is 22.2 Å². The molecule has 0 unspecified atom stereocenters. The SMILES string of the molecule is O=[N+]([O-])c1ccccc1/C=C/S(=O)(=O)Cl. The monoisotopic (exact) mass is 247 g/mol. The van der Waals surface area contributed by atoms with Crippen LogP contribution in [-0.2, 0) is 9.05 Å². The first-order valence-electron chi connectivity index (χ1n) is 3.76. The Morgan fingerprint density at radius 3 is 2.47 bits per heavy atom. The van der Waals surface area contributed by atoms with Crippen molar-refractivity contribution in [1.82, 2.24) is 0 Å². The van der Waals surface area contributed by atoms with Gasteiger partial charge in [-0.25, -0.2) is 8.42 Å². The van der Waals surface area contributed by atoms with Gasteiger partial charge in [0.15, 0.2) is 0 Å². The second-order valence-electron chi connectivity index (χ2n) is 2.59. The molecule has 1 aromatic rings. The van der Waals surface area contributed by atoms with Gasteiger partial charge in [0.2, 0.25) is 0 Å². The molecule has 7 heteroatoms. The van der Waals surface area contributed by atoms with Gasteiger partial charge >= 0.3 is 0 Å². The molecule has 5 nitrogen and oxygen atoms in total. The highest BCUT2D eigenvalue weighted by atomic mass is 35.7. The minimum Gasteiger partial charge on any atom is -0.258 e. The van der Waals surface area contributed by atoms with Gasteiger partial charge in [-0.3, -0.25) is 10.1 Å². The second-order valence-corrected chi connectivity index (χ2v) is 5.11. The van der Waals surface area contributed by atoms with Crippen LogP contribution in [0.2, 0.25) is 0 Å². The molecule has 0 atom stereocenters. The number of hydrogen-bond donors (Lipinski definition) is 0. The van der Waals surface area contributed by atoms with Crippen LogP contribution in [0.25, 0.3) is 6.08 Å². The van der Waals surface area contributed by atoms with Crippen LogP contribution in [0.4, 0.5) is 5.69 Å². The maximum atomic E-state index is 10.6. The van der Waals surface area contributed by atoms with Gasteiger partial charge in [-0.2, -0.15) is 0 Å². The summed E-state index contributed by atoms with van der Waals surface area (Å²) in [6, 6.07) is 5.76. The van der Waals surface area contributed by atoms with Crippen molar-refractivity contribution in [2.24, 2.45) is 0 Å². The summed E-state index contributed by atoms with van der Waals surface area (Å²) in [5.74, 6) is 0. The number of hydrogen-bond acceptors (Lipinski definition) is 4. The zero-order valence-corrected chi connectivity index (χ0v) is 8.90. The summed E-state index contributed by atoms with van der Waals surface area (Å²) in [7, 11) is 1.13. The van der Waals surface area contributed by atoms with Gasteiger partial charge in [0.25, 0.3) is 14.7 Å². The lowest BCUT2D eigenvalue weighted by atomic mass is 10.2. The first kappa shape index (κ1) is 11.7. The van der Waals surface area contributed by atoms with Crippen LogP contribution in [0.3, 0.4) is 0 Å². The maximum absolute atomic E-state index is 10.6. The molecule has 1 rings (SSSR count). The van der Waals surface area contributed by atoms with Crippen molar-refractivity contribution < 1.29 is 13.3 Å². The summed E-state index contributed by atoms with van der Waals surface area (Å²) >= 11 is 0. The quantitative estimate of drug-likeness (QED) is 0.466. The van der Waals surface area contributed by atoms with E-state index in [2.05, 4.69) is 0 Å². The number of halogens is 1. The van der Waals surface area contributed by atoms with Crippen LogP contribution in [0.1, 0.15) is 5.56 Å². The fourth-order valence-electron chi connectivity index (χ4n) is 0.949. The maximum Gasteiger partial charge on any atom is 0.276 e. The average molecular weight is 248 g/mol. The van der Waals surface area contributed by atoms with Crippen LogP contribution >= 0.6 is 10.7 Å². The molecule has 0 aromatic heterocycles. The molecule has 0 fully saturated rings. The van der Waals surface area contributed by atoms with E-state index in [0.717, 1.165) is 6.08 Å². The van der Waals surface area contributed by atoms with Crippen molar-refractivity contribution in [2.75, 3.05) is 0 Å². The lowest BCUT2D eigenvalue weighted by Gasteiger charge is -1.95. The Kier molecular flexibility index (Phi) is 3.43. The molecule has 0 radical (unpaired) electrons. The van der Waals surface area contributed by atoms with Crippen LogP contribution in [0.15, 0.2) is 29.7 Å². The van der Waals surface area contributed by atoms with E-state index in [1.165, 1.54) is 18.2 Å². The summed E-state index contributed by atoms with van der Waals surface area (Å²) < 4.78 is 21.2. The number of benzene rings is 1. The number of para-hydroxylation sites is 1. The topological polar surface area (TPSA) is 77.3 Å². The zero-order valence-electron chi connectivity index (χ0n) is 7.33. The molecule has 0 spiro atoms. The highest BCUT2D eigenvalue weighted by molar-refractivity contribution is 8.16. The van der Waals surface area contributed by atoms with Crippen molar-refractivity contribution >= 4 is 31.5 Å². The summed E-state index contributed by atoms with van der Waals surface area (Å²) in [5, 5.41) is 11.2. The third-order valence-electron chi connectivity index (χ3n) is 1.54. The Balaban J connectivity index is 3.16. The van der Waals surface area contributed by atoms with E-state index in [-0.39, 0.29) is 11.3 Å². The second kappa shape index (κ2) is 4.41. The van der Waals surface area contributed by atoms with E-state index in [1.807, 2.05) is 0 Å². The Hall–Kier alpha value is -1.40. The third-order valence-corrected chi connectivity index (χ3v) is 2.31. The van der Waals surface area contributed by atoms with Crippen LogP contribution in [0.5, 0.6) is 0 Å². The molecular weight excluding hydrogens is 242 g/mol. The number of nitro benzene ring substituents is 1. The van der Waals surface area contributed by atoms with Crippen molar-refractivity contribution in [2.45, 2.75) is 0 Å². The van der Waals surface area contributed by atoms with Crippen molar-refractivity contribution in [3.63, 3.8) is 0 Å². The highest BCUT2D eigenvalue weighted by Gasteiger charge is 2.10. The predicted octanol–water partition coefficient (Wildman–Crippen LogP) is 2.13. The summed E-state index contributed by atoms with van der Waals surface area (Å²) in [4.78, 5) is 9.94. The third kappa shape index (κ3) is 3.69. The lowest BCUT2D eigenvalue weighted by molar-refractivity contribution is -0.385. The van der Waals surface area contributed by atoms with Gasteiger partial charge in [0.05, 0.1) is 10.5 Å². The van der Waals surface area contributed by atoms with Crippen LogP contribution in [-0.4, -0.2) is 13.3 Å². The van der Waals surface area contributed by atoms with Crippen molar-refractivity contribution in [1.29, 1.82) is 0 Å². The number of nitro groups is 1. The average Bonchev–Trinajstić information content (AvgIpc) is 2.14. The molecule has 1 aromatic carbocycles. The number of rotatable bonds is 3. The first-order valence-corrected chi connectivity index (χ1v) is 6.13. The molecule has 0 heterocycles. The molecule has 0 saturated carbocycles. The highest BCUT2D eigenvalue weighted by Crippen LogP contribution is 2.19. The molecular formula is C8H6ClNO4S. The molecule has 0 bridgehead atoms. The van der Waals surface area contributed by atoms with E-state index in [0.29, 0.717) is 5.41 Å². The number of nitrogens with zero attached hydrogens (tertiary/aromatic N) is 1. The zero-order chi connectivity index (χ0) is 11.5. The van der Waals surface area contributed by atoms with E-state index in [4.69, 9.17) is 10.7 Å². The minimum absolute atomic E-state index is 0.172. The summed E-state index contributed by atoms with van der Waals surface area (Å²) in [6.07, 6.45) is 1.08. The fourth-order valence-corrected chi connectivity index (χ4v) is 1.41. The normalized spacial score (nSPS) is 11.8. The molecule has 0 saturated heterocycles. The van der Waals surface area contributed by atoms with Crippen molar-refractivity contribution in [3.8, 4) is 0 Å². The summed E-state index contributed by atoms with van der Waals surface area (Å²) in [5.41, 5.74) is 0.0146. The van der Waals surface area contributed by atoms with Crippen molar-refractivity contribution in [3.05, 3.63) is 45.4 Å². The predicted molar refractivity (Wildman–Crippen MR) is 56.9 cm³/mol. The van der Waals surface area contributed by atoms with E-state index in [1.54, 1.807) is 6.07 Å². The molecule has 0 aliphatic rings. The molecule has 80 valence electrons. The van der Waals surface area contributed by atoms with Gasteiger partial charge < -0.3 is 0 Å².